The predicted molar refractivity (Wildman–Crippen MR) is 49.7 cm³/mol. The van der Waals surface area contributed by atoms with Crippen LogP contribution in [-0.2, 0) is 0 Å². The molecule has 0 saturated carbocycles. The number of nitrogen functional groups attached to an aromatic ring is 1. The molecule has 2 aromatic heterocycles. The Morgan fingerprint density at radius 1 is 1.54 bits per heavy atom. The maximum Gasteiger partial charge on any atom is 0.250 e. The second-order valence-corrected chi connectivity index (χ2v) is 2.65. The number of nitrogens with zero attached hydrogens (tertiary/aromatic N) is 3. The van der Waals surface area contributed by atoms with Crippen LogP contribution in [0.25, 0.3) is 0 Å². The van der Waals surface area contributed by atoms with Crippen LogP contribution in [-0.4, -0.2) is 27.2 Å². The van der Waals surface area contributed by atoms with Gasteiger partial charge in [0.2, 0.25) is 5.95 Å². The minimum absolute atomic E-state index is 0.317. The largest absolute Gasteiger partial charge is 0.368 e. The Morgan fingerprint density at radius 2 is 2.38 bits per heavy atom. The van der Waals surface area contributed by atoms with Crippen molar-refractivity contribution in [2.45, 2.75) is 0 Å². The highest BCUT2D eigenvalue weighted by atomic mass is 15.4. The third kappa shape index (κ3) is 1.33. The Kier molecular flexibility index (Phi) is 1.66. The fourth-order valence-corrected chi connectivity index (χ4v) is 1.05. The fraction of sp³-hybridized carbons (Fsp3) is 0.143. The van der Waals surface area contributed by atoms with Crippen LogP contribution in [0.5, 0.6) is 0 Å². The molecule has 6 nitrogen and oxygen atoms in total. The van der Waals surface area contributed by atoms with E-state index in [4.69, 9.17) is 5.73 Å². The van der Waals surface area contributed by atoms with Crippen molar-refractivity contribution in [3.05, 3.63) is 18.5 Å². The zero-order chi connectivity index (χ0) is 9.26. The number of aromatic nitrogens is 4. The Morgan fingerprint density at radius 3 is 2.92 bits per heavy atom. The van der Waals surface area contributed by atoms with Crippen molar-refractivity contribution in [3.63, 3.8) is 0 Å². The van der Waals surface area contributed by atoms with Crippen LogP contribution in [0.1, 0.15) is 0 Å². The van der Waals surface area contributed by atoms with E-state index in [0.717, 1.165) is 5.69 Å². The van der Waals surface area contributed by atoms with Gasteiger partial charge in [0, 0.05) is 19.4 Å². The van der Waals surface area contributed by atoms with Gasteiger partial charge < -0.3 is 15.6 Å². The lowest BCUT2D eigenvalue weighted by Crippen LogP contribution is -2.10. The molecule has 0 amide bonds. The van der Waals surface area contributed by atoms with Gasteiger partial charge in [0.15, 0.2) is 0 Å². The molecular weight excluding hydrogens is 168 g/mol. The highest BCUT2D eigenvalue weighted by Crippen LogP contribution is 2.18. The van der Waals surface area contributed by atoms with Gasteiger partial charge in [-0.1, -0.05) is 0 Å². The van der Waals surface area contributed by atoms with Gasteiger partial charge in [-0.15, -0.1) is 5.10 Å². The van der Waals surface area contributed by atoms with E-state index in [-0.39, 0.29) is 0 Å². The van der Waals surface area contributed by atoms with Crippen LogP contribution in [0.15, 0.2) is 18.5 Å². The summed E-state index contributed by atoms with van der Waals surface area (Å²) in [5.41, 5.74) is 6.39. The zero-order valence-corrected chi connectivity index (χ0v) is 7.15. The summed E-state index contributed by atoms with van der Waals surface area (Å²) in [5, 5.41) is 6.50. The van der Waals surface area contributed by atoms with Crippen molar-refractivity contribution in [3.8, 4) is 0 Å². The number of rotatable bonds is 2. The van der Waals surface area contributed by atoms with Crippen molar-refractivity contribution >= 4 is 17.6 Å². The van der Waals surface area contributed by atoms with Crippen LogP contribution >= 0.6 is 0 Å². The molecule has 0 fully saturated rings. The van der Waals surface area contributed by atoms with E-state index < -0.39 is 0 Å². The molecule has 6 heteroatoms. The highest BCUT2D eigenvalue weighted by molar-refractivity contribution is 5.55. The molecule has 0 atom stereocenters. The first-order valence-corrected chi connectivity index (χ1v) is 3.82. The zero-order valence-electron chi connectivity index (χ0n) is 7.15. The molecule has 13 heavy (non-hydrogen) atoms. The molecule has 0 unspecified atom stereocenters. The molecule has 2 rings (SSSR count). The van der Waals surface area contributed by atoms with E-state index in [1.807, 2.05) is 30.4 Å². The van der Waals surface area contributed by atoms with Crippen LogP contribution in [0, 0.1) is 0 Å². The van der Waals surface area contributed by atoms with Gasteiger partial charge in [0.1, 0.15) is 0 Å². The molecule has 0 saturated heterocycles. The molecule has 0 radical (unpaired) electrons. The molecule has 4 N–H and O–H groups in total. The van der Waals surface area contributed by atoms with Gasteiger partial charge in [-0.3, -0.25) is 0 Å². The lowest BCUT2D eigenvalue weighted by Gasteiger charge is -2.11. The molecule has 0 aliphatic carbocycles. The minimum Gasteiger partial charge on any atom is -0.368 e. The van der Waals surface area contributed by atoms with Crippen molar-refractivity contribution < 1.29 is 0 Å². The van der Waals surface area contributed by atoms with Crippen LogP contribution in [0.2, 0.25) is 0 Å². The van der Waals surface area contributed by atoms with Crippen molar-refractivity contribution in [2.24, 2.45) is 0 Å². The summed E-state index contributed by atoms with van der Waals surface area (Å²) in [6, 6.07) is 1.92. The van der Waals surface area contributed by atoms with Crippen molar-refractivity contribution in [1.82, 2.24) is 20.2 Å². The molecule has 0 bridgehead atoms. The number of H-pyrrole nitrogens is 2. The van der Waals surface area contributed by atoms with Gasteiger partial charge in [-0.2, -0.15) is 4.98 Å². The normalized spacial score (nSPS) is 10.2. The van der Waals surface area contributed by atoms with E-state index in [1.165, 1.54) is 0 Å². The summed E-state index contributed by atoms with van der Waals surface area (Å²) in [6.07, 6.45) is 3.69. The second-order valence-electron chi connectivity index (χ2n) is 2.65. The van der Waals surface area contributed by atoms with Gasteiger partial charge in [0.25, 0.3) is 5.95 Å². The molecule has 0 aliphatic rings. The second kappa shape index (κ2) is 2.81. The third-order valence-electron chi connectivity index (χ3n) is 1.76. The lowest BCUT2D eigenvalue weighted by molar-refractivity contribution is 1.04. The minimum atomic E-state index is 0.317. The third-order valence-corrected chi connectivity index (χ3v) is 1.76. The fourth-order valence-electron chi connectivity index (χ4n) is 1.05. The summed E-state index contributed by atoms with van der Waals surface area (Å²) in [4.78, 5) is 8.76. The van der Waals surface area contributed by atoms with E-state index in [0.29, 0.717) is 11.9 Å². The van der Waals surface area contributed by atoms with Gasteiger partial charge in [-0.25, -0.2) is 5.10 Å². The number of nitrogens with one attached hydrogen (secondary N) is 2. The molecule has 2 aromatic rings. The van der Waals surface area contributed by atoms with Crippen LogP contribution in [0.3, 0.4) is 0 Å². The summed E-state index contributed by atoms with van der Waals surface area (Å²) in [5.74, 6) is 0.870. The van der Waals surface area contributed by atoms with Crippen molar-refractivity contribution in [1.29, 1.82) is 0 Å². The maximum absolute atomic E-state index is 5.41. The standard InChI is InChI=1S/C7H10N6/c1-13(5-2-3-9-4-5)7-10-6(8)11-12-7/h2-4,9H,1H3,(H3,8,10,11,12). The number of hydrogen-bond donors (Lipinski definition) is 3. The summed E-state index contributed by atoms with van der Waals surface area (Å²) in [6.45, 7) is 0. The number of aromatic amines is 2. The summed E-state index contributed by atoms with van der Waals surface area (Å²) in [7, 11) is 1.87. The van der Waals surface area contributed by atoms with E-state index in [9.17, 15) is 0 Å². The number of nitrogens with two attached hydrogens (primary N) is 1. The van der Waals surface area contributed by atoms with Crippen molar-refractivity contribution in [2.75, 3.05) is 17.7 Å². The van der Waals surface area contributed by atoms with E-state index in [2.05, 4.69) is 20.2 Å². The number of hydrogen-bond acceptors (Lipinski definition) is 4. The quantitative estimate of drug-likeness (QED) is 0.624. The first-order chi connectivity index (χ1) is 6.27. The van der Waals surface area contributed by atoms with Crippen LogP contribution < -0.4 is 10.6 Å². The topological polar surface area (TPSA) is 86.6 Å². The monoisotopic (exact) mass is 178 g/mol. The Balaban J connectivity index is 2.28. The smallest absolute Gasteiger partial charge is 0.250 e. The average Bonchev–Trinajstić information content (AvgIpc) is 2.72. The number of anilines is 3. The molecule has 0 spiro atoms. The lowest BCUT2D eigenvalue weighted by atomic mass is 10.5. The highest BCUT2D eigenvalue weighted by Gasteiger charge is 2.08. The van der Waals surface area contributed by atoms with Gasteiger partial charge in [-0.05, 0) is 6.07 Å². The molecule has 2 heterocycles. The predicted octanol–water partition coefficient (Wildman–Crippen LogP) is 0.483. The SMILES string of the molecule is CN(c1cc[nH]c1)c1n[nH]c(N)n1. The molecule has 0 aliphatic heterocycles. The van der Waals surface area contributed by atoms with Crippen LogP contribution in [0.4, 0.5) is 17.6 Å². The van der Waals surface area contributed by atoms with Gasteiger partial charge >= 0.3 is 0 Å². The Bertz CT molecular complexity index is 375. The van der Waals surface area contributed by atoms with E-state index in [1.54, 1.807) is 0 Å². The molecule has 68 valence electrons. The first kappa shape index (κ1) is 7.66. The Hall–Kier alpha value is -1.98. The summed E-state index contributed by atoms with van der Waals surface area (Å²) < 4.78 is 0. The molecular formula is C7H10N6. The first-order valence-electron chi connectivity index (χ1n) is 3.82. The van der Waals surface area contributed by atoms with E-state index >= 15 is 0 Å². The Labute approximate surface area is 74.8 Å². The van der Waals surface area contributed by atoms with Gasteiger partial charge in [0.05, 0.1) is 5.69 Å². The molecule has 0 aromatic carbocycles. The maximum atomic E-state index is 5.41. The summed E-state index contributed by atoms with van der Waals surface area (Å²) >= 11 is 0. The average molecular weight is 178 g/mol.